The first-order valence-corrected chi connectivity index (χ1v) is 9.29. The molecule has 0 radical (unpaired) electrons. The largest absolute Gasteiger partial charge is 0.360 e. The SMILES string of the molecule is CC(C)N1C[C@]23C=C[C@@H](O2)[C@H](C(=O)N[C@H](C)Cc2ccccn2)[C@@H]3C1=O. The minimum atomic E-state index is -0.627. The maximum absolute atomic E-state index is 13.0. The van der Waals surface area contributed by atoms with Crippen LogP contribution in [0.15, 0.2) is 36.5 Å². The van der Waals surface area contributed by atoms with Crippen molar-refractivity contribution in [1.29, 1.82) is 0 Å². The number of hydrogen-bond acceptors (Lipinski definition) is 4. The second kappa shape index (κ2) is 6.20. The second-order valence-electron chi connectivity index (χ2n) is 7.89. The van der Waals surface area contributed by atoms with Crippen LogP contribution in [0.5, 0.6) is 0 Å². The third-order valence-corrected chi connectivity index (χ3v) is 5.69. The first-order valence-electron chi connectivity index (χ1n) is 9.29. The normalized spacial score (nSPS) is 33.0. The van der Waals surface area contributed by atoms with Crippen LogP contribution in [0.4, 0.5) is 0 Å². The second-order valence-corrected chi connectivity index (χ2v) is 7.89. The Kier molecular flexibility index (Phi) is 4.10. The summed E-state index contributed by atoms with van der Waals surface area (Å²) < 4.78 is 6.12. The molecule has 0 aliphatic carbocycles. The zero-order chi connectivity index (χ0) is 18.5. The highest BCUT2D eigenvalue weighted by molar-refractivity contribution is 5.93. The summed E-state index contributed by atoms with van der Waals surface area (Å²) in [5.41, 5.74) is 0.307. The summed E-state index contributed by atoms with van der Waals surface area (Å²) in [4.78, 5) is 32.0. The van der Waals surface area contributed by atoms with E-state index in [1.807, 2.05) is 56.0 Å². The lowest BCUT2D eigenvalue weighted by atomic mass is 9.76. The predicted octanol–water partition coefficient (Wildman–Crippen LogP) is 1.32. The van der Waals surface area contributed by atoms with Gasteiger partial charge in [0, 0.05) is 30.4 Å². The molecule has 2 bridgehead atoms. The molecule has 4 rings (SSSR count). The molecule has 138 valence electrons. The summed E-state index contributed by atoms with van der Waals surface area (Å²) in [6.45, 7) is 6.49. The van der Waals surface area contributed by atoms with Gasteiger partial charge in [0.25, 0.3) is 0 Å². The maximum Gasteiger partial charge on any atom is 0.230 e. The predicted molar refractivity (Wildman–Crippen MR) is 96.1 cm³/mol. The summed E-state index contributed by atoms with van der Waals surface area (Å²) in [6.07, 6.45) is 6.04. The molecule has 6 nitrogen and oxygen atoms in total. The van der Waals surface area contributed by atoms with E-state index in [0.717, 1.165) is 5.69 Å². The number of fused-ring (bicyclic) bond motifs is 1. The Morgan fingerprint density at radius 3 is 2.92 bits per heavy atom. The van der Waals surface area contributed by atoms with E-state index in [-0.39, 0.29) is 30.0 Å². The fourth-order valence-electron chi connectivity index (χ4n) is 4.49. The number of amides is 2. The maximum atomic E-state index is 13.0. The molecular formula is C20H25N3O3. The molecule has 6 heteroatoms. The van der Waals surface area contributed by atoms with Gasteiger partial charge < -0.3 is 15.0 Å². The Morgan fingerprint density at radius 2 is 2.23 bits per heavy atom. The minimum absolute atomic E-state index is 0.0318. The lowest BCUT2D eigenvalue weighted by Crippen LogP contribution is -2.47. The van der Waals surface area contributed by atoms with Crippen LogP contribution in [-0.4, -0.2) is 52.0 Å². The first kappa shape index (κ1) is 17.2. The molecule has 1 N–H and O–H groups in total. The molecule has 1 aromatic rings. The Labute approximate surface area is 153 Å². The number of carbonyl (C=O) groups excluding carboxylic acids is 2. The third kappa shape index (κ3) is 2.63. The van der Waals surface area contributed by atoms with E-state index in [9.17, 15) is 9.59 Å². The standard InChI is InChI=1S/C20H25N3O3/c1-12(2)23-11-20-8-7-15(26-20)16(17(20)19(23)25)18(24)22-13(3)10-14-6-4-5-9-21-14/h4-9,12-13,15-17H,10-11H2,1-3H3,(H,22,24)/t13-,15-,16+,17-,20+/m1/s1. The Bertz CT molecular complexity index is 748. The van der Waals surface area contributed by atoms with E-state index < -0.39 is 17.4 Å². The van der Waals surface area contributed by atoms with Gasteiger partial charge in [0.1, 0.15) is 5.60 Å². The lowest BCUT2D eigenvalue weighted by Gasteiger charge is -2.25. The van der Waals surface area contributed by atoms with Crippen molar-refractivity contribution in [2.24, 2.45) is 11.8 Å². The van der Waals surface area contributed by atoms with Gasteiger partial charge in [-0.2, -0.15) is 0 Å². The van der Waals surface area contributed by atoms with Gasteiger partial charge in [0.15, 0.2) is 0 Å². The third-order valence-electron chi connectivity index (χ3n) is 5.69. The van der Waals surface area contributed by atoms with E-state index in [0.29, 0.717) is 13.0 Å². The van der Waals surface area contributed by atoms with Crippen LogP contribution < -0.4 is 5.32 Å². The molecule has 1 aromatic heterocycles. The summed E-state index contributed by atoms with van der Waals surface area (Å²) in [5, 5.41) is 3.07. The number of nitrogens with zero attached hydrogens (tertiary/aromatic N) is 2. The zero-order valence-corrected chi connectivity index (χ0v) is 15.4. The molecular weight excluding hydrogens is 330 g/mol. The number of carbonyl (C=O) groups is 2. The highest BCUT2D eigenvalue weighted by atomic mass is 16.5. The lowest BCUT2D eigenvalue weighted by molar-refractivity contribution is -0.138. The molecule has 26 heavy (non-hydrogen) atoms. The van der Waals surface area contributed by atoms with Crippen LogP contribution in [0.3, 0.4) is 0 Å². The summed E-state index contributed by atoms with van der Waals surface area (Å²) in [6, 6.07) is 5.80. The van der Waals surface area contributed by atoms with Crippen LogP contribution >= 0.6 is 0 Å². The molecule has 5 atom stereocenters. The van der Waals surface area contributed by atoms with Crippen molar-refractivity contribution in [3.8, 4) is 0 Å². The van der Waals surface area contributed by atoms with E-state index >= 15 is 0 Å². The van der Waals surface area contributed by atoms with Gasteiger partial charge in [-0.15, -0.1) is 0 Å². The number of nitrogens with one attached hydrogen (secondary N) is 1. The number of hydrogen-bond donors (Lipinski definition) is 1. The van der Waals surface area contributed by atoms with Gasteiger partial charge in [-0.25, -0.2) is 0 Å². The van der Waals surface area contributed by atoms with Crippen molar-refractivity contribution in [3.63, 3.8) is 0 Å². The smallest absolute Gasteiger partial charge is 0.230 e. The molecule has 3 aliphatic heterocycles. The van der Waals surface area contributed by atoms with Crippen molar-refractivity contribution < 1.29 is 14.3 Å². The highest BCUT2D eigenvalue weighted by Crippen LogP contribution is 2.52. The van der Waals surface area contributed by atoms with Gasteiger partial charge >= 0.3 is 0 Å². The average molecular weight is 355 g/mol. The van der Waals surface area contributed by atoms with Crippen molar-refractivity contribution in [2.75, 3.05) is 6.54 Å². The van der Waals surface area contributed by atoms with Crippen molar-refractivity contribution in [1.82, 2.24) is 15.2 Å². The van der Waals surface area contributed by atoms with E-state index in [2.05, 4.69) is 10.3 Å². The molecule has 0 saturated carbocycles. The van der Waals surface area contributed by atoms with Crippen LogP contribution in [0.1, 0.15) is 26.5 Å². The number of rotatable bonds is 5. The zero-order valence-electron chi connectivity index (χ0n) is 15.4. The van der Waals surface area contributed by atoms with E-state index in [1.165, 1.54) is 0 Å². The molecule has 2 saturated heterocycles. The fraction of sp³-hybridized carbons (Fsp3) is 0.550. The Balaban J connectivity index is 1.48. The first-order chi connectivity index (χ1) is 12.4. The molecule has 2 amide bonds. The van der Waals surface area contributed by atoms with Gasteiger partial charge in [-0.1, -0.05) is 18.2 Å². The quantitative estimate of drug-likeness (QED) is 0.809. The monoisotopic (exact) mass is 355 g/mol. The molecule has 2 fully saturated rings. The van der Waals surface area contributed by atoms with Crippen LogP contribution in [0.2, 0.25) is 0 Å². The Hall–Kier alpha value is -2.21. The van der Waals surface area contributed by atoms with Crippen molar-refractivity contribution >= 4 is 11.8 Å². The van der Waals surface area contributed by atoms with Gasteiger partial charge in [0.2, 0.25) is 11.8 Å². The number of aromatic nitrogens is 1. The van der Waals surface area contributed by atoms with Gasteiger partial charge in [-0.05, 0) is 32.9 Å². The summed E-state index contributed by atoms with van der Waals surface area (Å²) >= 11 is 0. The molecule has 3 aliphatic rings. The molecule has 0 aromatic carbocycles. The van der Waals surface area contributed by atoms with Crippen LogP contribution in [0, 0.1) is 11.8 Å². The van der Waals surface area contributed by atoms with Gasteiger partial charge in [0.05, 0.1) is 24.5 Å². The summed E-state index contributed by atoms with van der Waals surface area (Å²) in [5.74, 6) is -0.942. The molecule has 0 unspecified atom stereocenters. The van der Waals surface area contributed by atoms with Gasteiger partial charge in [-0.3, -0.25) is 14.6 Å². The van der Waals surface area contributed by atoms with Crippen molar-refractivity contribution in [2.45, 2.75) is 51.0 Å². The molecule has 1 spiro atoms. The minimum Gasteiger partial charge on any atom is -0.360 e. The number of likely N-dealkylation sites (tertiary alicyclic amines) is 1. The summed E-state index contributed by atoms with van der Waals surface area (Å²) in [7, 11) is 0. The average Bonchev–Trinajstić information content (AvgIpc) is 3.24. The fourth-order valence-corrected chi connectivity index (χ4v) is 4.49. The number of ether oxygens (including phenoxy) is 1. The van der Waals surface area contributed by atoms with Crippen LogP contribution in [0.25, 0.3) is 0 Å². The van der Waals surface area contributed by atoms with E-state index in [1.54, 1.807) is 6.20 Å². The van der Waals surface area contributed by atoms with Crippen LogP contribution in [-0.2, 0) is 20.7 Å². The number of pyridine rings is 1. The van der Waals surface area contributed by atoms with Crippen molar-refractivity contribution in [3.05, 3.63) is 42.2 Å². The van der Waals surface area contributed by atoms with E-state index in [4.69, 9.17) is 4.74 Å². The Morgan fingerprint density at radius 1 is 1.42 bits per heavy atom. The topological polar surface area (TPSA) is 71.5 Å². The molecule has 4 heterocycles. The highest BCUT2D eigenvalue weighted by Gasteiger charge is 2.67.